The number of aliphatic hydroxyl groups is 1. The van der Waals surface area contributed by atoms with Crippen LogP contribution in [-0.2, 0) is 19.1 Å². The minimum absolute atomic E-state index is 0. The number of esters is 2. The van der Waals surface area contributed by atoms with Gasteiger partial charge < -0.3 is 35.2 Å². The first-order valence-electron chi connectivity index (χ1n) is 15.9. The summed E-state index contributed by atoms with van der Waals surface area (Å²) in [6, 6.07) is -0.589. The van der Waals surface area contributed by atoms with Crippen LogP contribution in [0.1, 0.15) is 85.5 Å². The van der Waals surface area contributed by atoms with Crippen molar-refractivity contribution in [1.29, 1.82) is 0 Å². The topological polar surface area (TPSA) is 146 Å². The molecule has 2 saturated heterocycles. The largest absolute Gasteiger partial charge is 2.00 e. The van der Waals surface area contributed by atoms with E-state index in [9.17, 15) is 19.5 Å². The van der Waals surface area contributed by atoms with Gasteiger partial charge in [0.05, 0.1) is 14.2 Å². The molecule has 0 radical (unpaired) electrons. The van der Waals surface area contributed by atoms with E-state index in [1.165, 1.54) is 14.2 Å². The van der Waals surface area contributed by atoms with Crippen molar-refractivity contribution in [1.82, 2.24) is 9.97 Å². The molecular weight excluding hydrogens is 609 g/mol. The summed E-state index contributed by atoms with van der Waals surface area (Å²) >= 11 is 0. The molecule has 0 aromatic carbocycles. The van der Waals surface area contributed by atoms with Gasteiger partial charge in [0.1, 0.15) is 11.7 Å². The predicted octanol–water partition coefficient (Wildman–Crippen LogP) is 4.41. The fourth-order valence-corrected chi connectivity index (χ4v) is 7.82. The number of Topliss-reactive ketones (excluding diaryl/α,β-unsaturated/α-hetero) is 1. The molecule has 1 aliphatic carbocycles. The number of aromatic nitrogens is 2. The number of carbonyl (C=O) groups is 3. The third-order valence-electron chi connectivity index (χ3n) is 10.4. The van der Waals surface area contributed by atoms with E-state index in [2.05, 4.69) is 13.8 Å². The Morgan fingerprint density at radius 2 is 1.55 bits per heavy atom. The van der Waals surface area contributed by atoms with Crippen LogP contribution in [0.2, 0.25) is 0 Å². The van der Waals surface area contributed by atoms with Crippen molar-refractivity contribution in [3.63, 3.8) is 0 Å². The number of fused-ring (bicyclic) bond motifs is 8. The molecule has 5 heterocycles. The number of allylic oxidation sites excluding steroid dienone is 3. The molecule has 244 valence electrons. The molecule has 6 rings (SSSR count). The van der Waals surface area contributed by atoms with E-state index in [1.807, 2.05) is 39.0 Å². The number of aliphatic hydroxyl groups excluding tert-OH is 1. The Labute approximate surface area is 291 Å². The molecule has 10 nitrogen and oxygen atoms in total. The first-order chi connectivity index (χ1) is 21.9. The van der Waals surface area contributed by atoms with E-state index >= 15 is 0 Å². The fourth-order valence-electron chi connectivity index (χ4n) is 7.82. The van der Waals surface area contributed by atoms with Crippen molar-refractivity contribution in [2.45, 2.75) is 66.8 Å². The number of carbonyl (C=O) groups excluding carboxylic acids is 3. The van der Waals surface area contributed by atoms with Gasteiger partial charge in [-0.3, -0.25) is 14.4 Å². The number of hydrogen-bond donors (Lipinski definition) is 1. The second-order valence-electron chi connectivity index (χ2n) is 12.8. The molecule has 47 heavy (non-hydrogen) atoms. The van der Waals surface area contributed by atoms with E-state index in [0.29, 0.717) is 45.2 Å². The van der Waals surface area contributed by atoms with Gasteiger partial charge in [-0.05, 0) is 50.9 Å². The Morgan fingerprint density at radius 3 is 2.19 bits per heavy atom. The zero-order valence-corrected chi connectivity index (χ0v) is 29.7. The second-order valence-corrected chi connectivity index (χ2v) is 12.8. The summed E-state index contributed by atoms with van der Waals surface area (Å²) in [6.45, 7) is 11.6. The molecule has 6 atom stereocenters. The van der Waals surface area contributed by atoms with Gasteiger partial charge in [-0.1, -0.05) is 68.2 Å². The molecule has 3 aliphatic heterocycles. The Bertz CT molecular complexity index is 1880. The molecule has 0 spiro atoms. The molecular formula is C36H40MgN4O6-2. The van der Waals surface area contributed by atoms with Crippen molar-refractivity contribution in [2.75, 3.05) is 14.2 Å². The molecule has 1 unspecified atom stereocenters. The SMILES string of the molecule is CC[C@H]1/C2=C/c3[n-]c4c(c3C)=C(O)[C@H](C(=O)OC)C=4C3[N-]/C(=C\c4[n-]c(c(C(C)=O)c4C)/C=C(/[N-]2)[C@@H]1C)[C@@H](C)[C@@H]3CCC(=O)OC.[Mg+2]. The van der Waals surface area contributed by atoms with Crippen molar-refractivity contribution < 1.29 is 29.0 Å². The van der Waals surface area contributed by atoms with Crippen LogP contribution in [-0.4, -0.2) is 66.1 Å². The van der Waals surface area contributed by atoms with Gasteiger partial charge in [0.15, 0.2) is 5.78 Å². The van der Waals surface area contributed by atoms with Crippen LogP contribution in [0.5, 0.6) is 0 Å². The minimum Gasteiger partial charge on any atom is -0.681 e. The van der Waals surface area contributed by atoms with Crippen molar-refractivity contribution in [2.24, 2.45) is 29.6 Å². The molecule has 0 saturated carbocycles. The number of ketones is 1. The van der Waals surface area contributed by atoms with Crippen LogP contribution in [0.3, 0.4) is 0 Å². The van der Waals surface area contributed by atoms with Gasteiger partial charge in [-0.2, -0.15) is 17.1 Å². The van der Waals surface area contributed by atoms with Crippen LogP contribution in [0, 0.1) is 43.4 Å². The van der Waals surface area contributed by atoms with Gasteiger partial charge in [0.25, 0.3) is 0 Å². The number of rotatable bonds is 6. The average Bonchev–Trinajstić information content (AvgIpc) is 3.76. The molecule has 2 aromatic rings. The number of methoxy groups -OCH3 is 2. The number of nitrogens with zero attached hydrogens (tertiary/aromatic N) is 4. The van der Waals surface area contributed by atoms with E-state index in [-0.39, 0.29) is 70.7 Å². The quantitative estimate of drug-likeness (QED) is 0.275. The molecule has 4 aliphatic rings. The predicted molar refractivity (Wildman–Crippen MR) is 180 cm³/mol. The molecule has 8 bridgehead atoms. The third kappa shape index (κ3) is 5.54. The summed E-state index contributed by atoms with van der Waals surface area (Å²) in [5.74, 6) is -2.38. The van der Waals surface area contributed by atoms with E-state index in [0.717, 1.165) is 34.6 Å². The monoisotopic (exact) mass is 648 g/mol. The summed E-state index contributed by atoms with van der Waals surface area (Å²) in [5.41, 5.74) is 6.93. The van der Waals surface area contributed by atoms with Gasteiger partial charge in [0.2, 0.25) is 0 Å². The van der Waals surface area contributed by atoms with Crippen LogP contribution < -0.4 is 20.5 Å². The number of ether oxygens (including phenoxy) is 2. The first kappa shape index (κ1) is 34.6. The van der Waals surface area contributed by atoms with Crippen LogP contribution >= 0.6 is 0 Å². The van der Waals surface area contributed by atoms with Crippen LogP contribution in [0.25, 0.3) is 40.2 Å². The van der Waals surface area contributed by atoms with E-state index in [4.69, 9.17) is 30.1 Å². The smallest absolute Gasteiger partial charge is 0.681 e. The van der Waals surface area contributed by atoms with Gasteiger partial charge in [-0.15, -0.1) is 22.4 Å². The number of hydrogen-bond acceptors (Lipinski definition) is 6. The van der Waals surface area contributed by atoms with Gasteiger partial charge in [0, 0.05) is 17.2 Å². The Hall–Kier alpha value is -3.70. The first-order valence-corrected chi connectivity index (χ1v) is 15.9. The summed E-state index contributed by atoms with van der Waals surface area (Å²) in [4.78, 5) is 48.6. The van der Waals surface area contributed by atoms with Gasteiger partial charge >= 0.3 is 35.0 Å². The zero-order valence-electron chi connectivity index (χ0n) is 28.3. The maximum absolute atomic E-state index is 13.3. The molecule has 11 heteroatoms. The minimum atomic E-state index is -1.08. The fraction of sp³-hybridized carbons (Fsp3) is 0.472. The van der Waals surface area contributed by atoms with E-state index in [1.54, 1.807) is 6.92 Å². The maximum Gasteiger partial charge on any atom is 2.00 e. The average molecular weight is 649 g/mol. The standard InChI is InChI=1S/C36H41N4O6.Mg/c1-9-20-15(2)22-14-27-29(19(6)41)17(4)24(38-27)12-23-16(3)21(10-11-28(42)45-7)33(39-23)31-32(36(44)46-8)35(43)30-18(5)25(40-34(30)31)13-26(20)37-22;/h12-16,20-21,32-33H,9-11H2,1-8H3,(H2-,37,38,41,43);/q-3;+2/p-1/b23-12-,26-13-;/t15-,16+,20-,21+,32-,33?;/m1./s1. The molecule has 2 aromatic heterocycles. The van der Waals surface area contributed by atoms with Crippen LogP contribution in [0.15, 0.2) is 17.1 Å². The summed E-state index contributed by atoms with van der Waals surface area (Å²) in [6.07, 6.45) is 7.24. The van der Waals surface area contributed by atoms with Crippen LogP contribution in [0.4, 0.5) is 0 Å². The zero-order chi connectivity index (χ0) is 33.2. The Kier molecular flexibility index (Phi) is 9.63. The Balaban J connectivity index is 0.00000433. The van der Waals surface area contributed by atoms with Crippen molar-refractivity contribution in [3.8, 4) is 0 Å². The van der Waals surface area contributed by atoms with E-state index < -0.39 is 17.9 Å². The molecule has 0 amide bonds. The van der Waals surface area contributed by atoms with Crippen molar-refractivity contribution in [3.05, 3.63) is 72.1 Å². The second kappa shape index (κ2) is 13.1. The Morgan fingerprint density at radius 1 is 0.894 bits per heavy atom. The normalized spacial score (nSPS) is 29.0. The summed E-state index contributed by atoms with van der Waals surface area (Å²) in [5, 5.41) is 22.9. The van der Waals surface area contributed by atoms with Crippen molar-refractivity contribution >= 4 is 70.3 Å². The molecule has 1 N–H and O–H groups in total. The summed E-state index contributed by atoms with van der Waals surface area (Å²) < 4.78 is 10.2. The molecule has 2 fully saturated rings. The summed E-state index contributed by atoms with van der Waals surface area (Å²) in [7, 11) is 2.66. The van der Waals surface area contributed by atoms with Gasteiger partial charge in [-0.25, -0.2) is 0 Å². The maximum atomic E-state index is 13.3. The third-order valence-corrected chi connectivity index (χ3v) is 10.4.